The first-order valence-electron chi connectivity index (χ1n) is 34.9. The molecule has 0 saturated carbocycles. The minimum atomic E-state index is -0.152. The zero-order valence-electron chi connectivity index (χ0n) is 55.9. The molecule has 0 N–H and O–H groups in total. The van der Waals surface area contributed by atoms with Crippen LogP contribution in [0.3, 0.4) is 0 Å². The summed E-state index contributed by atoms with van der Waals surface area (Å²) in [6, 6.07) is 89.0. The van der Waals surface area contributed by atoms with Crippen LogP contribution in [0.5, 0.6) is 17.2 Å². The highest BCUT2D eigenvalue weighted by atomic mass is 16.5. The molecule has 3 aromatic heterocycles. The summed E-state index contributed by atoms with van der Waals surface area (Å²) in [5, 5.41) is 29.8. The summed E-state index contributed by atoms with van der Waals surface area (Å²) < 4.78 is 26.3. The van der Waals surface area contributed by atoms with E-state index < -0.39 is 0 Å². The summed E-state index contributed by atoms with van der Waals surface area (Å²) in [7, 11) is 0. The van der Waals surface area contributed by atoms with E-state index in [1.807, 2.05) is 0 Å². The van der Waals surface area contributed by atoms with Crippen molar-refractivity contribution in [3.05, 3.63) is 288 Å². The molecule has 6 heteroatoms. The average Bonchev–Trinajstić information content (AvgIpc) is 1.54. The summed E-state index contributed by atoms with van der Waals surface area (Å²) in [5.74, 6) is 3.04. The number of fused-ring (bicyclic) bond motifs is 21. The average molecular weight is 1270 g/mol. The number of hydrogen-bond donors (Lipinski definition) is 0. The maximum Gasteiger partial charge on any atom is 0.293 e. The number of pyridine rings is 3. The molecule has 24 rings (SSSR count). The van der Waals surface area contributed by atoms with Crippen molar-refractivity contribution in [2.45, 2.75) is 78.0 Å². The van der Waals surface area contributed by atoms with Crippen molar-refractivity contribution in [2.75, 3.05) is 0 Å². The van der Waals surface area contributed by atoms with Gasteiger partial charge in [-0.3, -0.25) is 0 Å². The van der Waals surface area contributed by atoms with Gasteiger partial charge in [0, 0.05) is 49.1 Å². The Kier molecular flexibility index (Phi) is 10.8. The molecule has 3 aliphatic heterocycles. The first kappa shape index (κ1) is 55.4. The Morgan fingerprint density at radius 1 is 0.263 bits per heavy atom. The van der Waals surface area contributed by atoms with Gasteiger partial charge in [-0.15, -0.1) is 0 Å². The number of hydrogen-bond acceptors (Lipinski definition) is 3. The summed E-state index contributed by atoms with van der Waals surface area (Å²) in [6.07, 6.45) is 4.58. The summed E-state index contributed by atoms with van der Waals surface area (Å²) >= 11 is 0. The van der Waals surface area contributed by atoms with Gasteiger partial charge >= 0.3 is 0 Å². The van der Waals surface area contributed by atoms with E-state index in [0.29, 0.717) is 20.2 Å². The van der Waals surface area contributed by atoms with Crippen LogP contribution in [0.15, 0.2) is 255 Å². The Morgan fingerprint density at radius 2 is 0.657 bits per heavy atom. The monoisotopic (exact) mass is 1270 g/mol. The Labute approximate surface area is 571 Å². The quantitative estimate of drug-likeness (QED) is 0.0863. The van der Waals surface area contributed by atoms with Crippen molar-refractivity contribution in [2.24, 2.45) is 0 Å². The fourth-order valence-corrected chi connectivity index (χ4v) is 19.3. The molecule has 99 heavy (non-hydrogen) atoms. The van der Waals surface area contributed by atoms with E-state index in [1.54, 1.807) is 0 Å². The van der Waals surface area contributed by atoms with Gasteiger partial charge in [-0.25, -0.2) is 0 Å². The minimum absolute atomic E-state index is 0.114. The van der Waals surface area contributed by atoms with Crippen LogP contribution < -0.4 is 27.9 Å². The molecule has 0 saturated heterocycles. The van der Waals surface area contributed by atoms with Gasteiger partial charge in [0.1, 0.15) is 17.2 Å². The van der Waals surface area contributed by atoms with E-state index in [0.717, 1.165) is 17.2 Å². The standard InChI is InChI=1S/3C31H22NO/c1-31(2)28-24-14-20-9-4-3-8-19(20)13-21(24)15-26-27(28)30-29(31)23-12-11-18-7-5-6-10-22(18)25(23)16-32(30)17-33-26;1-31(2)28-24-14-20-9-4-3-8-19(20)13-22(24)15-25-27(28)30-29(31)26-21(16-32(30)17-33-25)12-11-18-7-5-6-10-23(18)26;1-31(2)25-15-21-12-11-18-7-5-6-10-23(18)29(21)32-17-33-26-16-22-13-19-8-3-4-9-20(19)14-24(22)28(31)27(26)30(25)32/h3*3-16H,17H2,1-2H3/q3*+1. The number of nitrogens with zero attached hydrogens (tertiary/aromatic N) is 3. The fourth-order valence-electron chi connectivity index (χ4n) is 19.3. The molecule has 18 aromatic rings. The molecule has 15 aromatic carbocycles. The lowest BCUT2D eigenvalue weighted by Gasteiger charge is -2.24. The van der Waals surface area contributed by atoms with Gasteiger partial charge in [-0.2, -0.15) is 13.7 Å². The van der Waals surface area contributed by atoms with Crippen molar-refractivity contribution < 1.29 is 27.9 Å². The molecule has 0 bridgehead atoms. The predicted molar refractivity (Wildman–Crippen MR) is 405 cm³/mol. The largest absolute Gasteiger partial charge is 0.435 e. The van der Waals surface area contributed by atoms with E-state index in [9.17, 15) is 0 Å². The van der Waals surface area contributed by atoms with Crippen LogP contribution >= 0.6 is 0 Å². The SMILES string of the molecule is CC1(C)c2c3c(cc4cc5ccccc5cc24)OC[n+]2cc4c(ccc5ccccc54)c1c2-3.CC1(C)c2c3c(cc4cc5ccccc5cc24)OC[n+]2cc4ccc5ccccc5c4c1c2-3.CC1(C)c2cc3ccc4ccccc4c3[n+]3c2-c2c(cc4cc5ccccc5cc4c21)OC3. The van der Waals surface area contributed by atoms with Crippen LogP contribution in [0, 0.1) is 0 Å². The highest BCUT2D eigenvalue weighted by molar-refractivity contribution is 6.16. The molecule has 0 amide bonds. The van der Waals surface area contributed by atoms with Crippen molar-refractivity contribution in [1.82, 2.24) is 0 Å². The zero-order valence-corrected chi connectivity index (χ0v) is 55.9. The Hall–Kier alpha value is -11.7. The molecule has 6 aliphatic rings. The highest BCUT2D eigenvalue weighted by Crippen LogP contribution is 2.61. The molecule has 6 nitrogen and oxygen atoms in total. The van der Waals surface area contributed by atoms with Crippen LogP contribution in [0.2, 0.25) is 0 Å². The number of rotatable bonds is 0. The van der Waals surface area contributed by atoms with E-state index in [1.165, 1.54) is 197 Å². The maximum atomic E-state index is 6.50. The zero-order chi connectivity index (χ0) is 65.7. The van der Waals surface area contributed by atoms with E-state index in [2.05, 4.69) is 310 Å². The second kappa shape index (κ2) is 19.3. The van der Waals surface area contributed by atoms with Gasteiger partial charge in [0.2, 0.25) is 22.6 Å². The number of aromatic nitrogens is 3. The Balaban J connectivity index is 0.0000000949. The van der Waals surface area contributed by atoms with Crippen molar-refractivity contribution in [3.63, 3.8) is 0 Å². The van der Waals surface area contributed by atoms with Crippen molar-refractivity contribution in [1.29, 1.82) is 0 Å². The molecule has 0 spiro atoms. The predicted octanol–water partition coefficient (Wildman–Crippen LogP) is 21.7. The lowest BCUT2D eigenvalue weighted by atomic mass is 9.78. The topological polar surface area (TPSA) is 39.3 Å². The van der Waals surface area contributed by atoms with Gasteiger partial charge in [0.15, 0.2) is 12.4 Å². The van der Waals surface area contributed by atoms with Crippen LogP contribution in [0.25, 0.3) is 163 Å². The smallest absolute Gasteiger partial charge is 0.293 e. The van der Waals surface area contributed by atoms with Crippen LogP contribution in [-0.2, 0) is 36.4 Å². The van der Waals surface area contributed by atoms with Gasteiger partial charge in [-0.1, -0.05) is 205 Å². The lowest BCUT2D eigenvalue weighted by molar-refractivity contribution is -0.716. The van der Waals surface area contributed by atoms with E-state index >= 15 is 0 Å². The molecule has 0 fully saturated rings. The molecule has 6 heterocycles. The second-order valence-corrected chi connectivity index (χ2v) is 30.0. The third kappa shape index (κ3) is 7.37. The molecule has 468 valence electrons. The van der Waals surface area contributed by atoms with Crippen LogP contribution in [0.4, 0.5) is 0 Å². The van der Waals surface area contributed by atoms with Crippen molar-refractivity contribution >= 4 is 129 Å². The van der Waals surface area contributed by atoms with Gasteiger partial charge in [0.05, 0.1) is 27.5 Å². The first-order chi connectivity index (χ1) is 48.3. The minimum Gasteiger partial charge on any atom is -0.435 e. The summed E-state index contributed by atoms with van der Waals surface area (Å²) in [4.78, 5) is 0. The summed E-state index contributed by atoms with van der Waals surface area (Å²) in [5.41, 5.74) is 17.1. The number of ether oxygens (including phenoxy) is 3. The van der Waals surface area contributed by atoms with E-state index in [-0.39, 0.29) is 16.2 Å². The number of benzene rings is 15. The molecule has 0 unspecified atom stereocenters. The normalized spacial score (nSPS) is 15.3. The molecule has 0 atom stereocenters. The molecule has 3 aliphatic carbocycles. The second-order valence-electron chi connectivity index (χ2n) is 30.0. The third-order valence-electron chi connectivity index (χ3n) is 23.6. The maximum absolute atomic E-state index is 6.50. The third-order valence-corrected chi connectivity index (χ3v) is 23.6. The van der Waals surface area contributed by atoms with Gasteiger partial charge < -0.3 is 14.2 Å². The summed E-state index contributed by atoms with van der Waals surface area (Å²) in [6.45, 7) is 15.9. The van der Waals surface area contributed by atoms with E-state index in [4.69, 9.17) is 14.2 Å². The first-order valence-corrected chi connectivity index (χ1v) is 34.9. The highest BCUT2D eigenvalue weighted by Gasteiger charge is 2.51. The molecular formula is C93H66N3O3+3. The molecular weight excluding hydrogens is 1210 g/mol. The Morgan fingerprint density at radius 3 is 1.21 bits per heavy atom. The molecule has 0 radical (unpaired) electrons. The van der Waals surface area contributed by atoms with Gasteiger partial charge in [-0.05, 0) is 193 Å². The Bertz CT molecular complexity index is 6780. The van der Waals surface area contributed by atoms with Gasteiger partial charge in [0.25, 0.3) is 20.2 Å². The lowest BCUT2D eigenvalue weighted by Crippen LogP contribution is -2.43. The van der Waals surface area contributed by atoms with Crippen LogP contribution in [0.1, 0.15) is 74.9 Å². The fraction of sp³-hybridized carbons (Fsp3) is 0.129. The van der Waals surface area contributed by atoms with Crippen molar-refractivity contribution in [3.8, 4) is 51.0 Å². The van der Waals surface area contributed by atoms with Crippen LogP contribution in [-0.4, -0.2) is 0 Å².